The van der Waals surface area contributed by atoms with Crippen LogP contribution in [0.3, 0.4) is 0 Å². The van der Waals surface area contributed by atoms with Gasteiger partial charge < -0.3 is 33.8 Å². The van der Waals surface area contributed by atoms with E-state index >= 15 is 0 Å². The van der Waals surface area contributed by atoms with Crippen molar-refractivity contribution >= 4 is 39.5 Å². The summed E-state index contributed by atoms with van der Waals surface area (Å²) in [7, 11) is -9.92. The number of aliphatic hydroxyl groups excluding tert-OH is 1. The molecule has 19 heteroatoms. The molecular weight excluding hydrogens is 1330 g/mol. The molecule has 0 aromatic heterocycles. The van der Waals surface area contributed by atoms with Gasteiger partial charge in [-0.25, -0.2) is 9.13 Å². The lowest BCUT2D eigenvalue weighted by molar-refractivity contribution is -0.161. The Balaban J connectivity index is 5.24. The van der Waals surface area contributed by atoms with Gasteiger partial charge in [0.05, 0.1) is 26.4 Å². The molecule has 0 aromatic rings. The third-order valence-corrected chi connectivity index (χ3v) is 21.4. The van der Waals surface area contributed by atoms with E-state index in [1.807, 2.05) is 0 Å². The van der Waals surface area contributed by atoms with Crippen LogP contribution in [0.5, 0.6) is 0 Å². The Morgan fingerprint density at radius 1 is 0.265 bits per heavy atom. The van der Waals surface area contributed by atoms with Gasteiger partial charge in [-0.2, -0.15) is 0 Å². The fraction of sp³-hybridized carbons (Fsp3) is 0.952. The van der Waals surface area contributed by atoms with E-state index in [9.17, 15) is 43.2 Å². The van der Waals surface area contributed by atoms with Crippen LogP contribution in [0.4, 0.5) is 0 Å². The molecule has 0 fully saturated rings. The van der Waals surface area contributed by atoms with Gasteiger partial charge in [-0.3, -0.25) is 37.3 Å². The van der Waals surface area contributed by atoms with E-state index in [2.05, 4.69) is 41.5 Å². The second-order valence-corrected chi connectivity index (χ2v) is 33.7. The van der Waals surface area contributed by atoms with Gasteiger partial charge in [-0.1, -0.05) is 388 Å². The lowest BCUT2D eigenvalue weighted by Gasteiger charge is -2.21. The monoisotopic (exact) mass is 1490 g/mol. The predicted octanol–water partition coefficient (Wildman–Crippen LogP) is 25.1. The topological polar surface area (TPSA) is 237 Å². The van der Waals surface area contributed by atoms with E-state index < -0.39 is 97.5 Å². The number of phosphoric ester groups is 2. The molecule has 0 aliphatic heterocycles. The summed E-state index contributed by atoms with van der Waals surface area (Å²) in [5.41, 5.74) is 0. The van der Waals surface area contributed by atoms with Crippen LogP contribution in [-0.4, -0.2) is 96.7 Å². The maximum Gasteiger partial charge on any atom is 0.472 e. The molecule has 0 rings (SSSR count). The van der Waals surface area contributed by atoms with Gasteiger partial charge in [0.1, 0.15) is 19.3 Å². The molecule has 0 aliphatic carbocycles. The van der Waals surface area contributed by atoms with Crippen molar-refractivity contribution in [2.24, 2.45) is 11.8 Å². The minimum atomic E-state index is -4.96. The Kier molecular flexibility index (Phi) is 73.1. The van der Waals surface area contributed by atoms with E-state index in [0.717, 1.165) is 102 Å². The third-order valence-electron chi connectivity index (χ3n) is 19.5. The average Bonchev–Trinajstić information content (AvgIpc) is 0.924. The molecule has 5 atom stereocenters. The summed E-state index contributed by atoms with van der Waals surface area (Å²) in [6.45, 7) is 9.70. The number of hydrogen-bond acceptors (Lipinski definition) is 15. The van der Waals surface area contributed by atoms with E-state index in [0.29, 0.717) is 25.7 Å². The smallest absolute Gasteiger partial charge is 0.462 e. The second-order valence-electron chi connectivity index (χ2n) is 30.8. The van der Waals surface area contributed by atoms with Gasteiger partial charge in [0.25, 0.3) is 0 Å². The summed E-state index contributed by atoms with van der Waals surface area (Å²) in [6, 6.07) is 0. The minimum Gasteiger partial charge on any atom is -0.462 e. The normalized spacial score (nSPS) is 13.9. The van der Waals surface area contributed by atoms with Crippen molar-refractivity contribution in [3.05, 3.63) is 0 Å². The first-order valence-corrected chi connectivity index (χ1v) is 46.0. The SMILES string of the molecule is CCCCCCCCCCCCCCCCCCCC(=O)O[C@H](COC(=O)CCCCCCCCCCCC)COP(=O)(O)OC[C@H](O)COP(=O)(O)OC[C@@H](COC(=O)CCCCCCCCCCCCCCCCC(C)C)OC(=O)CCCCCCCCCCCCCCCCCC(C)C. The Morgan fingerprint density at radius 2 is 0.451 bits per heavy atom. The summed E-state index contributed by atoms with van der Waals surface area (Å²) >= 11 is 0. The van der Waals surface area contributed by atoms with Crippen molar-refractivity contribution < 1.29 is 80.2 Å². The fourth-order valence-corrected chi connectivity index (χ4v) is 14.5. The van der Waals surface area contributed by atoms with Crippen molar-refractivity contribution in [2.75, 3.05) is 39.6 Å². The molecule has 0 aliphatic rings. The average molecular weight is 1490 g/mol. The maximum atomic E-state index is 13.1. The first-order valence-electron chi connectivity index (χ1n) is 43.0. The number of hydrogen-bond donors (Lipinski definition) is 3. The summed E-state index contributed by atoms with van der Waals surface area (Å²) in [5.74, 6) is -0.502. The Hall–Kier alpha value is -1.94. The highest BCUT2D eigenvalue weighted by Gasteiger charge is 2.30. The van der Waals surface area contributed by atoms with E-state index in [-0.39, 0.29) is 25.7 Å². The number of rotatable bonds is 82. The zero-order chi connectivity index (χ0) is 74.9. The lowest BCUT2D eigenvalue weighted by Crippen LogP contribution is -2.30. The van der Waals surface area contributed by atoms with E-state index in [4.69, 9.17) is 37.0 Å². The molecule has 0 aromatic carbocycles. The summed E-state index contributed by atoms with van der Waals surface area (Å²) in [5, 5.41) is 10.7. The number of carbonyl (C=O) groups excluding carboxylic acids is 4. The summed E-state index contributed by atoms with van der Waals surface area (Å²) in [6.07, 6.45) is 65.1. The van der Waals surface area contributed by atoms with Gasteiger partial charge in [0.2, 0.25) is 0 Å². The maximum absolute atomic E-state index is 13.1. The van der Waals surface area contributed by atoms with Crippen LogP contribution in [0.15, 0.2) is 0 Å². The number of carbonyl (C=O) groups is 4. The molecule has 3 N–H and O–H groups in total. The van der Waals surface area contributed by atoms with Gasteiger partial charge in [0.15, 0.2) is 12.2 Å². The van der Waals surface area contributed by atoms with Crippen molar-refractivity contribution in [3.8, 4) is 0 Å². The lowest BCUT2D eigenvalue weighted by atomic mass is 10.0. The third kappa shape index (κ3) is 76.3. The van der Waals surface area contributed by atoms with Crippen LogP contribution in [0, 0.1) is 11.8 Å². The van der Waals surface area contributed by atoms with Crippen LogP contribution < -0.4 is 0 Å². The quantitative estimate of drug-likeness (QED) is 0.0222. The summed E-state index contributed by atoms with van der Waals surface area (Å²) in [4.78, 5) is 73.1. The van der Waals surface area contributed by atoms with Crippen LogP contribution in [0.1, 0.15) is 440 Å². The molecule has 0 bridgehead atoms. The molecule has 102 heavy (non-hydrogen) atoms. The first-order chi connectivity index (χ1) is 49.4. The van der Waals surface area contributed by atoms with Crippen LogP contribution in [0.25, 0.3) is 0 Å². The van der Waals surface area contributed by atoms with Gasteiger partial charge >= 0.3 is 39.5 Å². The van der Waals surface area contributed by atoms with Crippen molar-refractivity contribution in [3.63, 3.8) is 0 Å². The van der Waals surface area contributed by atoms with Crippen LogP contribution in [-0.2, 0) is 65.4 Å². The van der Waals surface area contributed by atoms with E-state index in [1.54, 1.807) is 0 Å². The summed E-state index contributed by atoms with van der Waals surface area (Å²) < 4.78 is 68.8. The molecule has 0 spiro atoms. The standard InChI is InChI=1S/C83H162O17P2/c1-7-9-11-13-15-17-19-20-21-22-25-32-37-43-49-55-61-67-82(87)99-78(71-93-80(85)65-59-53-47-41-18-16-14-12-10-8-2)73-97-101(89,90)95-69-77(84)70-96-102(91,92)98-74-79(72-94-81(86)66-60-54-48-42-36-31-28-27-30-35-40-46-52-58-64-76(5)6)100-83(88)68-62-56-50-44-38-33-26-23-24-29-34-39-45-51-57-63-75(3)4/h75-79,84H,7-74H2,1-6H3,(H,89,90)(H,91,92)/t77-,78+,79+/m0/s1. The highest BCUT2D eigenvalue weighted by Crippen LogP contribution is 2.45. The molecule has 0 heterocycles. The Morgan fingerprint density at radius 3 is 0.667 bits per heavy atom. The van der Waals surface area contributed by atoms with Crippen molar-refractivity contribution in [1.29, 1.82) is 0 Å². The Bertz CT molecular complexity index is 1960. The van der Waals surface area contributed by atoms with Gasteiger partial charge in [-0.15, -0.1) is 0 Å². The number of esters is 4. The molecule has 0 saturated carbocycles. The number of aliphatic hydroxyl groups is 1. The molecule has 0 saturated heterocycles. The second kappa shape index (κ2) is 74.5. The first kappa shape index (κ1) is 100. The van der Waals surface area contributed by atoms with Crippen molar-refractivity contribution in [2.45, 2.75) is 458 Å². The van der Waals surface area contributed by atoms with E-state index in [1.165, 1.54) is 257 Å². The molecule has 0 amide bonds. The molecule has 17 nitrogen and oxygen atoms in total. The predicted molar refractivity (Wildman–Crippen MR) is 418 cm³/mol. The largest absolute Gasteiger partial charge is 0.472 e. The molecule has 606 valence electrons. The number of unbranched alkanes of at least 4 members (excludes halogenated alkanes) is 52. The zero-order valence-corrected chi connectivity index (χ0v) is 68.7. The van der Waals surface area contributed by atoms with Gasteiger partial charge in [-0.05, 0) is 37.5 Å². The fourth-order valence-electron chi connectivity index (χ4n) is 12.9. The molecular formula is C83H162O17P2. The minimum absolute atomic E-state index is 0.108. The highest BCUT2D eigenvalue weighted by molar-refractivity contribution is 7.47. The Labute approximate surface area is 626 Å². The molecule has 0 radical (unpaired) electrons. The van der Waals surface area contributed by atoms with Gasteiger partial charge in [0, 0.05) is 25.7 Å². The number of ether oxygens (including phenoxy) is 4. The number of phosphoric acid groups is 2. The highest BCUT2D eigenvalue weighted by atomic mass is 31.2. The zero-order valence-electron chi connectivity index (χ0n) is 66.9. The van der Waals surface area contributed by atoms with Crippen LogP contribution in [0.2, 0.25) is 0 Å². The molecule has 2 unspecified atom stereocenters. The van der Waals surface area contributed by atoms with Crippen molar-refractivity contribution in [1.82, 2.24) is 0 Å². The van der Waals surface area contributed by atoms with Crippen LogP contribution >= 0.6 is 15.6 Å².